The molecule has 0 unspecified atom stereocenters. The topological polar surface area (TPSA) is 73.6 Å². The summed E-state index contributed by atoms with van der Waals surface area (Å²) in [4.78, 5) is 13.0. The molecule has 25 heavy (non-hydrogen) atoms. The molecule has 0 fully saturated rings. The van der Waals surface area contributed by atoms with Crippen LogP contribution in [-0.4, -0.2) is 28.7 Å². The Bertz CT molecular complexity index is 816. The lowest BCUT2D eigenvalue weighted by Gasteiger charge is -2.33. The molecule has 0 aromatic heterocycles. The molecule has 0 aliphatic heterocycles. The Labute approximate surface area is 148 Å². The highest BCUT2D eigenvalue weighted by Gasteiger charge is 2.26. The highest BCUT2D eigenvalue weighted by atomic mass is 16.5. The van der Waals surface area contributed by atoms with E-state index in [1.165, 1.54) is 4.90 Å². The number of carbonyl (C=O) groups is 1. The zero-order valence-corrected chi connectivity index (χ0v) is 14.9. The molecule has 0 bridgehead atoms. The van der Waals surface area contributed by atoms with Crippen molar-refractivity contribution in [3.05, 3.63) is 53.6 Å². The van der Waals surface area contributed by atoms with Crippen LogP contribution >= 0.6 is 0 Å². The molecule has 2 rings (SSSR count). The molecular weight excluding hydrogens is 316 g/mol. The zero-order valence-electron chi connectivity index (χ0n) is 14.9. The van der Waals surface area contributed by atoms with Gasteiger partial charge in [-0.25, -0.2) is 4.79 Å². The van der Waals surface area contributed by atoms with Gasteiger partial charge in [-0.05, 0) is 56.2 Å². The Balaban J connectivity index is 2.43. The lowest BCUT2D eigenvalue weighted by Crippen LogP contribution is -2.44. The van der Waals surface area contributed by atoms with Crippen LogP contribution in [0, 0.1) is 11.3 Å². The number of ether oxygens (including phenoxy) is 1. The molecule has 0 saturated carbocycles. The van der Waals surface area contributed by atoms with Crippen molar-refractivity contribution >= 4 is 6.09 Å². The van der Waals surface area contributed by atoms with Gasteiger partial charge in [-0.3, -0.25) is 4.90 Å². The fraction of sp³-hybridized carbons (Fsp3) is 0.300. The van der Waals surface area contributed by atoms with E-state index < -0.39 is 11.6 Å². The van der Waals surface area contributed by atoms with Gasteiger partial charge < -0.3 is 9.84 Å². The minimum Gasteiger partial charge on any atom is -0.496 e. The number of amides is 1. The average Bonchev–Trinajstić information content (AvgIpc) is 2.58. The van der Waals surface area contributed by atoms with Crippen LogP contribution in [0.25, 0.3) is 11.1 Å². The smallest absolute Gasteiger partial charge is 0.408 e. The van der Waals surface area contributed by atoms with Crippen LogP contribution in [0.15, 0.2) is 42.5 Å². The normalized spacial score (nSPS) is 10.8. The van der Waals surface area contributed by atoms with Crippen molar-refractivity contribution in [2.24, 2.45) is 0 Å². The van der Waals surface area contributed by atoms with Gasteiger partial charge in [0.25, 0.3) is 0 Å². The van der Waals surface area contributed by atoms with E-state index in [1.807, 2.05) is 45.0 Å². The summed E-state index contributed by atoms with van der Waals surface area (Å²) in [6.45, 7) is 5.88. The minimum absolute atomic E-state index is 0.285. The zero-order chi connectivity index (χ0) is 18.6. The van der Waals surface area contributed by atoms with E-state index in [2.05, 4.69) is 6.07 Å². The Kier molecular flexibility index (Phi) is 5.33. The minimum atomic E-state index is -0.957. The van der Waals surface area contributed by atoms with Gasteiger partial charge in [0.15, 0.2) is 0 Å². The lowest BCUT2D eigenvalue weighted by molar-refractivity contribution is 0.0955. The molecule has 0 heterocycles. The maximum atomic E-state index is 11.6. The van der Waals surface area contributed by atoms with Crippen LogP contribution in [0.1, 0.15) is 31.9 Å². The second-order valence-corrected chi connectivity index (χ2v) is 6.77. The standard InChI is InChI=1S/C20H22N2O3/c1-20(2,3)22(19(23)24)13-15-6-5-7-16(10-15)17-11-14(12-21)8-9-18(17)25-4/h5-11H,13H2,1-4H3,(H,23,24). The van der Waals surface area contributed by atoms with Crippen LogP contribution in [0.4, 0.5) is 4.79 Å². The second kappa shape index (κ2) is 7.27. The van der Waals surface area contributed by atoms with Crippen LogP contribution in [0.3, 0.4) is 0 Å². The predicted molar refractivity (Wildman–Crippen MR) is 96.5 cm³/mol. The summed E-state index contributed by atoms with van der Waals surface area (Å²) in [5, 5.41) is 18.6. The second-order valence-electron chi connectivity index (χ2n) is 6.77. The summed E-state index contributed by atoms with van der Waals surface area (Å²) in [6.07, 6.45) is -0.957. The average molecular weight is 338 g/mol. The summed E-state index contributed by atoms with van der Waals surface area (Å²) >= 11 is 0. The molecule has 0 atom stereocenters. The van der Waals surface area contributed by atoms with Gasteiger partial charge in [-0.1, -0.05) is 18.2 Å². The SMILES string of the molecule is COc1ccc(C#N)cc1-c1cccc(CN(C(=O)O)C(C)(C)C)c1. The van der Waals surface area contributed by atoms with E-state index in [-0.39, 0.29) is 6.54 Å². The Morgan fingerprint density at radius 1 is 1.24 bits per heavy atom. The summed E-state index contributed by atoms with van der Waals surface area (Å²) in [5.41, 5.74) is 2.61. The molecule has 5 nitrogen and oxygen atoms in total. The van der Waals surface area contributed by atoms with E-state index in [0.29, 0.717) is 11.3 Å². The lowest BCUT2D eigenvalue weighted by atomic mass is 9.99. The molecule has 0 saturated heterocycles. The molecule has 1 N–H and O–H groups in total. The third-order valence-corrected chi connectivity index (χ3v) is 3.95. The maximum Gasteiger partial charge on any atom is 0.408 e. The van der Waals surface area contributed by atoms with E-state index >= 15 is 0 Å². The predicted octanol–water partition coefficient (Wildman–Crippen LogP) is 4.51. The molecule has 5 heteroatoms. The summed E-state index contributed by atoms with van der Waals surface area (Å²) in [6, 6.07) is 15.0. The molecule has 0 aliphatic carbocycles. The van der Waals surface area contributed by atoms with Gasteiger partial charge in [-0.2, -0.15) is 5.26 Å². The number of carboxylic acid groups (broad SMARTS) is 1. The Morgan fingerprint density at radius 2 is 1.96 bits per heavy atom. The number of rotatable bonds is 4. The molecule has 1 amide bonds. The van der Waals surface area contributed by atoms with Crippen molar-refractivity contribution in [1.29, 1.82) is 5.26 Å². The van der Waals surface area contributed by atoms with Crippen molar-refractivity contribution in [2.75, 3.05) is 7.11 Å². The molecule has 130 valence electrons. The highest BCUT2D eigenvalue weighted by molar-refractivity contribution is 5.73. The largest absolute Gasteiger partial charge is 0.496 e. The van der Waals surface area contributed by atoms with E-state index in [0.717, 1.165) is 16.7 Å². The first-order valence-electron chi connectivity index (χ1n) is 7.94. The fourth-order valence-electron chi connectivity index (χ4n) is 2.61. The van der Waals surface area contributed by atoms with Crippen molar-refractivity contribution in [3.63, 3.8) is 0 Å². The summed E-state index contributed by atoms with van der Waals surface area (Å²) in [5.74, 6) is 0.669. The number of benzene rings is 2. The first-order chi connectivity index (χ1) is 11.8. The molecule has 0 radical (unpaired) electrons. The number of hydrogen-bond acceptors (Lipinski definition) is 3. The fourth-order valence-corrected chi connectivity index (χ4v) is 2.61. The Hall–Kier alpha value is -3.00. The van der Waals surface area contributed by atoms with Gasteiger partial charge in [0.05, 0.1) is 18.7 Å². The molecular formula is C20H22N2O3. The van der Waals surface area contributed by atoms with Gasteiger partial charge in [0.2, 0.25) is 0 Å². The third-order valence-electron chi connectivity index (χ3n) is 3.95. The van der Waals surface area contributed by atoms with Crippen LogP contribution < -0.4 is 4.74 Å². The first kappa shape index (κ1) is 18.3. The number of nitrogens with zero attached hydrogens (tertiary/aromatic N) is 2. The number of hydrogen-bond donors (Lipinski definition) is 1. The first-order valence-corrected chi connectivity index (χ1v) is 7.94. The van der Waals surface area contributed by atoms with Crippen LogP contribution in [0.5, 0.6) is 5.75 Å². The van der Waals surface area contributed by atoms with Crippen molar-refractivity contribution in [2.45, 2.75) is 32.9 Å². The molecule has 2 aromatic rings. The Morgan fingerprint density at radius 3 is 2.52 bits per heavy atom. The monoisotopic (exact) mass is 338 g/mol. The van der Waals surface area contributed by atoms with Gasteiger partial charge in [0.1, 0.15) is 5.75 Å². The molecule has 2 aromatic carbocycles. The van der Waals surface area contributed by atoms with E-state index in [1.54, 1.807) is 25.3 Å². The number of methoxy groups -OCH3 is 1. The van der Waals surface area contributed by atoms with Gasteiger partial charge in [0, 0.05) is 17.6 Å². The highest BCUT2D eigenvalue weighted by Crippen LogP contribution is 2.32. The van der Waals surface area contributed by atoms with Crippen LogP contribution in [0.2, 0.25) is 0 Å². The molecule has 0 aliphatic rings. The summed E-state index contributed by atoms with van der Waals surface area (Å²) < 4.78 is 5.40. The van der Waals surface area contributed by atoms with E-state index in [9.17, 15) is 9.90 Å². The van der Waals surface area contributed by atoms with Gasteiger partial charge in [-0.15, -0.1) is 0 Å². The van der Waals surface area contributed by atoms with Crippen molar-refractivity contribution in [3.8, 4) is 22.9 Å². The van der Waals surface area contributed by atoms with Crippen LogP contribution in [-0.2, 0) is 6.54 Å². The number of nitriles is 1. The maximum absolute atomic E-state index is 11.6. The van der Waals surface area contributed by atoms with Gasteiger partial charge >= 0.3 is 6.09 Å². The summed E-state index contributed by atoms with van der Waals surface area (Å²) in [7, 11) is 1.58. The van der Waals surface area contributed by atoms with Crippen molar-refractivity contribution in [1.82, 2.24) is 4.90 Å². The quantitative estimate of drug-likeness (QED) is 0.890. The van der Waals surface area contributed by atoms with Crippen molar-refractivity contribution < 1.29 is 14.6 Å². The third kappa shape index (κ3) is 4.30. The van der Waals surface area contributed by atoms with E-state index in [4.69, 9.17) is 10.00 Å². The molecule has 0 spiro atoms.